The zero-order valence-electron chi connectivity index (χ0n) is 19.5. The van der Waals surface area contributed by atoms with Crippen molar-refractivity contribution >= 4 is 51.7 Å². The van der Waals surface area contributed by atoms with Crippen molar-refractivity contribution in [3.8, 4) is 0 Å². The van der Waals surface area contributed by atoms with Crippen LogP contribution in [0.3, 0.4) is 0 Å². The molecule has 1 heterocycles. The van der Waals surface area contributed by atoms with Gasteiger partial charge in [0.15, 0.2) is 0 Å². The number of benzene rings is 3. The maximum atomic E-state index is 12.9. The van der Waals surface area contributed by atoms with Crippen LogP contribution in [0.15, 0.2) is 77.9 Å². The van der Waals surface area contributed by atoms with Gasteiger partial charge in [0, 0.05) is 52.5 Å². The standard InChI is InChI=1S/C27H26ClN5O2/c1-17-7-10-21(28)15-25(17)32-27(29-14-13-20-16-30-24-6-4-3-5-23(20)24)33-26(35)19-8-11-22(12-9-19)31-18(2)34/h3-12,15-16,30H,13-14H2,1-2H3,(H,31,34)(H2,29,32,33,35). The zero-order valence-corrected chi connectivity index (χ0v) is 20.2. The average Bonchev–Trinajstić information content (AvgIpc) is 3.24. The van der Waals surface area contributed by atoms with Crippen LogP contribution in [0.5, 0.6) is 0 Å². The van der Waals surface area contributed by atoms with E-state index in [4.69, 9.17) is 11.6 Å². The fraction of sp³-hybridized carbons (Fsp3) is 0.148. The van der Waals surface area contributed by atoms with Crippen LogP contribution < -0.4 is 16.0 Å². The van der Waals surface area contributed by atoms with E-state index in [1.54, 1.807) is 30.3 Å². The third-order valence-electron chi connectivity index (χ3n) is 5.48. The molecule has 0 spiro atoms. The maximum Gasteiger partial charge on any atom is 0.257 e. The summed E-state index contributed by atoms with van der Waals surface area (Å²) in [6.07, 6.45) is 2.69. The number of carbonyl (C=O) groups is 2. The second kappa shape index (κ2) is 10.9. The van der Waals surface area contributed by atoms with Crippen molar-refractivity contribution in [2.75, 3.05) is 17.2 Å². The number of nitrogens with zero attached hydrogens (tertiary/aromatic N) is 1. The number of hydrogen-bond donors (Lipinski definition) is 4. The van der Waals surface area contributed by atoms with Crippen molar-refractivity contribution in [2.45, 2.75) is 20.3 Å². The van der Waals surface area contributed by atoms with Gasteiger partial charge in [-0.1, -0.05) is 35.9 Å². The molecular weight excluding hydrogens is 462 g/mol. The highest BCUT2D eigenvalue weighted by Crippen LogP contribution is 2.21. The Labute approximate surface area is 208 Å². The van der Waals surface area contributed by atoms with Crippen LogP contribution in [-0.2, 0) is 11.2 Å². The van der Waals surface area contributed by atoms with E-state index in [9.17, 15) is 9.59 Å². The molecule has 0 saturated carbocycles. The molecule has 4 N–H and O–H groups in total. The van der Waals surface area contributed by atoms with Crippen LogP contribution in [-0.4, -0.2) is 29.3 Å². The molecule has 0 unspecified atom stereocenters. The minimum atomic E-state index is -0.322. The number of anilines is 2. The number of aryl methyl sites for hydroxylation is 1. The molecule has 4 aromatic rings. The summed E-state index contributed by atoms with van der Waals surface area (Å²) in [5.74, 6) is -0.170. The molecule has 0 atom stereocenters. The molecule has 0 fully saturated rings. The van der Waals surface area contributed by atoms with Crippen LogP contribution in [0.2, 0.25) is 5.02 Å². The van der Waals surface area contributed by atoms with Gasteiger partial charge in [0.05, 0.1) is 0 Å². The first-order chi connectivity index (χ1) is 16.9. The summed E-state index contributed by atoms with van der Waals surface area (Å²) in [7, 11) is 0. The summed E-state index contributed by atoms with van der Waals surface area (Å²) in [6, 6.07) is 20.3. The average molecular weight is 488 g/mol. The number of H-pyrrole nitrogens is 1. The Morgan fingerprint density at radius 2 is 1.77 bits per heavy atom. The SMILES string of the molecule is CC(=O)Nc1ccc(C(=O)NC(=NCCc2c[nH]c3ccccc23)Nc2cc(Cl)ccc2C)cc1. The summed E-state index contributed by atoms with van der Waals surface area (Å²) in [5, 5.41) is 10.5. The van der Waals surface area contributed by atoms with Gasteiger partial charge in [-0.15, -0.1) is 0 Å². The Hall–Kier alpha value is -4.10. The molecule has 4 rings (SSSR count). The molecule has 0 saturated heterocycles. The van der Waals surface area contributed by atoms with E-state index in [-0.39, 0.29) is 11.8 Å². The lowest BCUT2D eigenvalue weighted by Gasteiger charge is -2.14. The van der Waals surface area contributed by atoms with E-state index >= 15 is 0 Å². The summed E-state index contributed by atoms with van der Waals surface area (Å²) in [6.45, 7) is 3.85. The lowest BCUT2D eigenvalue weighted by Crippen LogP contribution is -2.36. The number of carbonyl (C=O) groups excluding carboxylic acids is 2. The van der Waals surface area contributed by atoms with Crippen LogP contribution in [0.25, 0.3) is 10.9 Å². The van der Waals surface area contributed by atoms with Gasteiger partial charge in [0.2, 0.25) is 11.9 Å². The number of guanidine groups is 1. The van der Waals surface area contributed by atoms with Gasteiger partial charge in [-0.3, -0.25) is 19.9 Å². The van der Waals surface area contributed by atoms with E-state index in [0.717, 1.165) is 27.7 Å². The number of amides is 2. The lowest BCUT2D eigenvalue weighted by molar-refractivity contribution is -0.114. The second-order valence-electron chi connectivity index (χ2n) is 8.14. The van der Waals surface area contributed by atoms with E-state index in [1.807, 2.05) is 43.5 Å². The van der Waals surface area contributed by atoms with Gasteiger partial charge in [-0.2, -0.15) is 0 Å². The third-order valence-corrected chi connectivity index (χ3v) is 5.71. The maximum absolute atomic E-state index is 12.9. The van der Waals surface area contributed by atoms with E-state index in [0.29, 0.717) is 35.2 Å². The number of rotatable bonds is 6. The highest BCUT2D eigenvalue weighted by atomic mass is 35.5. The van der Waals surface area contributed by atoms with E-state index in [1.165, 1.54) is 6.92 Å². The summed E-state index contributed by atoms with van der Waals surface area (Å²) in [5.41, 5.74) is 5.01. The molecule has 35 heavy (non-hydrogen) atoms. The second-order valence-corrected chi connectivity index (χ2v) is 8.57. The molecule has 0 aliphatic rings. The van der Waals surface area contributed by atoms with Crippen molar-refractivity contribution < 1.29 is 9.59 Å². The minimum Gasteiger partial charge on any atom is -0.361 e. The van der Waals surface area contributed by atoms with Crippen molar-refractivity contribution in [3.05, 3.63) is 94.6 Å². The number of aliphatic imine (C=N–C) groups is 1. The number of halogens is 1. The first-order valence-electron chi connectivity index (χ1n) is 11.2. The summed E-state index contributed by atoms with van der Waals surface area (Å²) >= 11 is 6.18. The molecule has 8 heteroatoms. The Morgan fingerprint density at radius 3 is 2.54 bits per heavy atom. The van der Waals surface area contributed by atoms with E-state index in [2.05, 4.69) is 32.0 Å². The normalized spacial score (nSPS) is 11.3. The van der Waals surface area contributed by atoms with Gasteiger partial charge in [0.1, 0.15) is 0 Å². The number of hydrogen-bond acceptors (Lipinski definition) is 3. The van der Waals surface area contributed by atoms with Gasteiger partial charge in [0.25, 0.3) is 5.91 Å². The highest BCUT2D eigenvalue weighted by Gasteiger charge is 2.12. The largest absolute Gasteiger partial charge is 0.361 e. The Balaban J connectivity index is 1.52. The smallest absolute Gasteiger partial charge is 0.257 e. The molecule has 0 radical (unpaired) electrons. The van der Waals surface area contributed by atoms with Gasteiger partial charge < -0.3 is 15.6 Å². The number of nitrogens with one attached hydrogen (secondary N) is 4. The molecule has 0 aliphatic heterocycles. The Bertz CT molecular complexity index is 1390. The van der Waals surface area contributed by atoms with E-state index < -0.39 is 0 Å². The summed E-state index contributed by atoms with van der Waals surface area (Å²) in [4.78, 5) is 32.1. The third kappa shape index (κ3) is 6.28. The molecule has 0 bridgehead atoms. The first-order valence-corrected chi connectivity index (χ1v) is 11.6. The summed E-state index contributed by atoms with van der Waals surface area (Å²) < 4.78 is 0. The first kappa shape index (κ1) is 24.0. The Morgan fingerprint density at radius 1 is 1.00 bits per heavy atom. The van der Waals surface area contributed by atoms with Crippen molar-refractivity contribution in [2.24, 2.45) is 4.99 Å². The number of fused-ring (bicyclic) bond motifs is 1. The molecule has 7 nitrogen and oxygen atoms in total. The highest BCUT2D eigenvalue weighted by molar-refractivity contribution is 6.31. The monoisotopic (exact) mass is 487 g/mol. The van der Waals surface area contributed by atoms with Crippen molar-refractivity contribution in [3.63, 3.8) is 0 Å². The topological polar surface area (TPSA) is 98.4 Å². The van der Waals surface area contributed by atoms with Crippen LogP contribution in [0.4, 0.5) is 11.4 Å². The lowest BCUT2D eigenvalue weighted by atomic mass is 10.1. The fourth-order valence-corrected chi connectivity index (χ4v) is 3.85. The number of aromatic nitrogens is 1. The van der Waals surface area contributed by atoms with Crippen molar-refractivity contribution in [1.82, 2.24) is 10.3 Å². The molecule has 2 amide bonds. The van der Waals surface area contributed by atoms with Crippen LogP contribution >= 0.6 is 11.6 Å². The van der Waals surface area contributed by atoms with Crippen LogP contribution in [0, 0.1) is 6.92 Å². The quantitative estimate of drug-likeness (QED) is 0.212. The van der Waals surface area contributed by atoms with Gasteiger partial charge in [-0.25, -0.2) is 0 Å². The fourth-order valence-electron chi connectivity index (χ4n) is 3.68. The molecular formula is C27H26ClN5O2. The van der Waals surface area contributed by atoms with Crippen molar-refractivity contribution in [1.29, 1.82) is 0 Å². The molecule has 0 aliphatic carbocycles. The molecule has 1 aromatic heterocycles. The van der Waals surface area contributed by atoms with Crippen LogP contribution in [0.1, 0.15) is 28.4 Å². The Kier molecular flexibility index (Phi) is 7.48. The molecule has 178 valence electrons. The number of para-hydroxylation sites is 1. The zero-order chi connectivity index (χ0) is 24.8. The van der Waals surface area contributed by atoms with Gasteiger partial charge in [-0.05, 0) is 66.9 Å². The number of aromatic amines is 1. The van der Waals surface area contributed by atoms with Gasteiger partial charge >= 0.3 is 0 Å². The predicted octanol–water partition coefficient (Wildman–Crippen LogP) is 5.53. The minimum absolute atomic E-state index is 0.173. The molecule has 3 aromatic carbocycles. The predicted molar refractivity (Wildman–Crippen MR) is 142 cm³/mol.